The molecule has 0 bridgehead atoms. The standard InChI is InChI=1S/C23H23FN2/c1-16(2)18-8-10-20(11-9-18)22-13-12-21(23(24)26-22)19-6-4-17(5-7-19)14-15-25-3/h4-13,16H,3,14-15H2,1-2H3. The quantitative estimate of drug-likeness (QED) is 0.402. The van der Waals surface area contributed by atoms with E-state index in [1.807, 2.05) is 42.5 Å². The summed E-state index contributed by atoms with van der Waals surface area (Å²) in [6.45, 7) is 8.49. The summed E-state index contributed by atoms with van der Waals surface area (Å²) in [5, 5.41) is 0. The van der Waals surface area contributed by atoms with Gasteiger partial charge in [0.15, 0.2) is 0 Å². The Bertz CT molecular complexity index is 881. The number of benzene rings is 2. The summed E-state index contributed by atoms with van der Waals surface area (Å²) in [5.41, 5.74) is 5.34. The first kappa shape index (κ1) is 18.0. The Hall–Kier alpha value is -2.81. The van der Waals surface area contributed by atoms with Gasteiger partial charge < -0.3 is 4.99 Å². The van der Waals surface area contributed by atoms with Crippen molar-refractivity contribution in [2.45, 2.75) is 26.2 Å². The predicted molar refractivity (Wildman–Crippen MR) is 107 cm³/mol. The van der Waals surface area contributed by atoms with Crippen LogP contribution in [0, 0.1) is 5.95 Å². The molecule has 0 aliphatic heterocycles. The summed E-state index contributed by atoms with van der Waals surface area (Å²) in [7, 11) is 0. The van der Waals surface area contributed by atoms with Crippen LogP contribution >= 0.6 is 0 Å². The molecule has 3 heteroatoms. The minimum absolute atomic E-state index is 0.448. The highest BCUT2D eigenvalue weighted by Crippen LogP contribution is 2.27. The van der Waals surface area contributed by atoms with Gasteiger partial charge in [0, 0.05) is 17.7 Å². The molecule has 0 unspecified atom stereocenters. The highest BCUT2D eigenvalue weighted by Gasteiger charge is 2.10. The van der Waals surface area contributed by atoms with E-state index in [0.717, 1.165) is 23.1 Å². The van der Waals surface area contributed by atoms with E-state index in [2.05, 4.69) is 42.7 Å². The first-order chi connectivity index (χ1) is 12.6. The molecule has 26 heavy (non-hydrogen) atoms. The molecular formula is C23H23FN2. The molecule has 0 fully saturated rings. The van der Waals surface area contributed by atoms with Crippen molar-refractivity contribution in [3.05, 3.63) is 77.7 Å². The van der Waals surface area contributed by atoms with Crippen molar-refractivity contribution in [3.8, 4) is 22.4 Å². The minimum Gasteiger partial charge on any atom is -0.301 e. The van der Waals surface area contributed by atoms with E-state index in [4.69, 9.17) is 0 Å². The van der Waals surface area contributed by atoms with Gasteiger partial charge in [0.05, 0.1) is 5.69 Å². The molecule has 2 nitrogen and oxygen atoms in total. The average Bonchev–Trinajstić information content (AvgIpc) is 2.67. The van der Waals surface area contributed by atoms with Crippen LogP contribution in [0.4, 0.5) is 4.39 Å². The summed E-state index contributed by atoms with van der Waals surface area (Å²) in [6.07, 6.45) is 0.843. The molecule has 0 saturated heterocycles. The molecule has 0 saturated carbocycles. The average molecular weight is 346 g/mol. The van der Waals surface area contributed by atoms with Gasteiger partial charge in [-0.2, -0.15) is 4.39 Å². The molecule has 3 aromatic rings. The number of aliphatic imine (C=N–C) groups is 1. The highest BCUT2D eigenvalue weighted by molar-refractivity contribution is 5.67. The van der Waals surface area contributed by atoms with Gasteiger partial charge in [0.25, 0.3) is 0 Å². The zero-order valence-electron chi connectivity index (χ0n) is 15.2. The molecule has 0 spiro atoms. The minimum atomic E-state index is -0.448. The molecular weight excluding hydrogens is 323 g/mol. The Morgan fingerprint density at radius 2 is 1.58 bits per heavy atom. The lowest BCUT2D eigenvalue weighted by molar-refractivity contribution is 0.589. The molecule has 1 heterocycles. The monoisotopic (exact) mass is 346 g/mol. The molecule has 3 rings (SSSR count). The summed E-state index contributed by atoms with van der Waals surface area (Å²) in [5.74, 6) is 0.0253. The van der Waals surface area contributed by atoms with E-state index >= 15 is 0 Å². The van der Waals surface area contributed by atoms with Gasteiger partial charge in [-0.15, -0.1) is 0 Å². The molecule has 0 N–H and O–H groups in total. The second kappa shape index (κ2) is 8.05. The fraction of sp³-hybridized carbons (Fsp3) is 0.217. The molecule has 0 amide bonds. The number of hydrogen-bond acceptors (Lipinski definition) is 2. The first-order valence-corrected chi connectivity index (χ1v) is 8.87. The van der Waals surface area contributed by atoms with Gasteiger partial charge in [-0.05, 0) is 47.9 Å². The van der Waals surface area contributed by atoms with Crippen molar-refractivity contribution < 1.29 is 4.39 Å². The number of pyridine rings is 1. The Balaban J connectivity index is 1.84. The number of halogens is 1. The van der Waals surface area contributed by atoms with Gasteiger partial charge in [0.2, 0.25) is 5.95 Å². The van der Waals surface area contributed by atoms with E-state index in [9.17, 15) is 4.39 Å². The molecule has 1 aromatic heterocycles. The van der Waals surface area contributed by atoms with E-state index in [1.165, 1.54) is 5.56 Å². The largest absolute Gasteiger partial charge is 0.301 e. The van der Waals surface area contributed by atoms with E-state index in [1.54, 1.807) is 6.07 Å². The zero-order chi connectivity index (χ0) is 18.5. The van der Waals surface area contributed by atoms with Crippen molar-refractivity contribution in [3.63, 3.8) is 0 Å². The lowest BCUT2D eigenvalue weighted by Gasteiger charge is -2.09. The first-order valence-electron chi connectivity index (χ1n) is 8.87. The smallest absolute Gasteiger partial charge is 0.221 e. The normalized spacial score (nSPS) is 10.9. The van der Waals surface area contributed by atoms with Crippen LogP contribution in [-0.2, 0) is 6.42 Å². The third-order valence-corrected chi connectivity index (χ3v) is 4.55. The summed E-state index contributed by atoms with van der Waals surface area (Å²) < 4.78 is 14.6. The molecule has 0 aliphatic rings. The van der Waals surface area contributed by atoms with Crippen LogP contribution in [0.1, 0.15) is 30.9 Å². The van der Waals surface area contributed by atoms with Crippen molar-refractivity contribution in [1.29, 1.82) is 0 Å². The van der Waals surface area contributed by atoms with Crippen molar-refractivity contribution >= 4 is 6.72 Å². The van der Waals surface area contributed by atoms with E-state index < -0.39 is 5.95 Å². The number of rotatable bonds is 6. The Morgan fingerprint density at radius 3 is 2.15 bits per heavy atom. The lowest BCUT2D eigenvalue weighted by atomic mass is 10.00. The molecule has 0 aliphatic carbocycles. The molecule has 0 atom stereocenters. The zero-order valence-corrected chi connectivity index (χ0v) is 15.2. The summed E-state index contributed by atoms with van der Waals surface area (Å²) in [4.78, 5) is 8.04. The Kier molecular flexibility index (Phi) is 5.57. The second-order valence-corrected chi connectivity index (χ2v) is 6.71. The topological polar surface area (TPSA) is 25.2 Å². The number of nitrogens with zero attached hydrogens (tertiary/aromatic N) is 2. The highest BCUT2D eigenvalue weighted by atomic mass is 19.1. The van der Waals surface area contributed by atoms with Crippen LogP contribution in [0.15, 0.2) is 65.7 Å². The Morgan fingerprint density at radius 1 is 0.923 bits per heavy atom. The van der Waals surface area contributed by atoms with Crippen molar-refractivity contribution in [2.75, 3.05) is 6.54 Å². The molecule has 2 aromatic carbocycles. The van der Waals surface area contributed by atoms with Crippen LogP contribution in [0.25, 0.3) is 22.4 Å². The number of aromatic nitrogens is 1. The van der Waals surface area contributed by atoms with Crippen LogP contribution < -0.4 is 0 Å². The fourth-order valence-electron chi connectivity index (χ4n) is 2.91. The predicted octanol–water partition coefficient (Wildman–Crippen LogP) is 5.92. The van der Waals surface area contributed by atoms with Gasteiger partial charge in [-0.25, -0.2) is 4.98 Å². The maximum Gasteiger partial charge on any atom is 0.221 e. The SMILES string of the molecule is C=NCCc1ccc(-c2ccc(-c3ccc(C(C)C)cc3)nc2F)cc1. The van der Waals surface area contributed by atoms with Gasteiger partial charge in [-0.1, -0.05) is 62.4 Å². The van der Waals surface area contributed by atoms with Crippen LogP contribution in [0.2, 0.25) is 0 Å². The maximum absolute atomic E-state index is 14.6. The van der Waals surface area contributed by atoms with Crippen molar-refractivity contribution in [2.24, 2.45) is 4.99 Å². The fourth-order valence-corrected chi connectivity index (χ4v) is 2.91. The lowest BCUT2D eigenvalue weighted by Crippen LogP contribution is -1.94. The number of hydrogen-bond donors (Lipinski definition) is 0. The summed E-state index contributed by atoms with van der Waals surface area (Å²) in [6, 6.07) is 19.7. The Labute approximate surface area is 154 Å². The van der Waals surface area contributed by atoms with Crippen LogP contribution in [-0.4, -0.2) is 18.2 Å². The van der Waals surface area contributed by atoms with Gasteiger partial charge >= 0.3 is 0 Å². The van der Waals surface area contributed by atoms with Gasteiger partial charge in [0.1, 0.15) is 0 Å². The third kappa shape index (κ3) is 4.05. The van der Waals surface area contributed by atoms with Crippen molar-refractivity contribution in [1.82, 2.24) is 4.98 Å². The third-order valence-electron chi connectivity index (χ3n) is 4.55. The molecule has 0 radical (unpaired) electrons. The van der Waals surface area contributed by atoms with E-state index in [0.29, 0.717) is 23.7 Å². The maximum atomic E-state index is 14.6. The van der Waals surface area contributed by atoms with Crippen LogP contribution in [0.3, 0.4) is 0 Å². The van der Waals surface area contributed by atoms with Gasteiger partial charge in [-0.3, -0.25) is 0 Å². The molecule has 132 valence electrons. The van der Waals surface area contributed by atoms with E-state index in [-0.39, 0.29) is 0 Å². The van der Waals surface area contributed by atoms with Crippen LogP contribution in [0.5, 0.6) is 0 Å². The second-order valence-electron chi connectivity index (χ2n) is 6.71. The summed E-state index contributed by atoms with van der Waals surface area (Å²) >= 11 is 0.